The number of rotatable bonds is 7. The number of carbonyl (C=O) groups is 3. The van der Waals surface area contributed by atoms with Crippen molar-refractivity contribution >= 4 is 23.9 Å². The van der Waals surface area contributed by atoms with Crippen LogP contribution in [0, 0.1) is 0 Å². The summed E-state index contributed by atoms with van der Waals surface area (Å²) >= 11 is 0. The van der Waals surface area contributed by atoms with Gasteiger partial charge in [-0.15, -0.1) is 0 Å². The van der Waals surface area contributed by atoms with E-state index in [-0.39, 0.29) is 18.5 Å². The molecule has 0 saturated heterocycles. The van der Waals surface area contributed by atoms with Crippen LogP contribution in [-0.4, -0.2) is 31.3 Å². The quantitative estimate of drug-likeness (QED) is 0.680. The number of benzene rings is 2. The number of hydrogen-bond donors (Lipinski definition) is 3. The topological polar surface area (TPSA) is 87.3 Å². The lowest BCUT2D eigenvalue weighted by Crippen LogP contribution is -2.30. The molecular formula is C18H19N3O3. The highest BCUT2D eigenvalue weighted by Gasteiger charge is 2.07. The van der Waals surface area contributed by atoms with Gasteiger partial charge in [-0.25, -0.2) is 4.79 Å². The molecule has 2 rings (SSSR count). The van der Waals surface area contributed by atoms with Gasteiger partial charge in [-0.05, 0) is 30.2 Å². The Morgan fingerprint density at radius 1 is 0.958 bits per heavy atom. The minimum atomic E-state index is -0.366. The maximum Gasteiger partial charge on any atom is 0.319 e. The Labute approximate surface area is 140 Å². The van der Waals surface area contributed by atoms with Crippen LogP contribution in [0.1, 0.15) is 15.9 Å². The first kappa shape index (κ1) is 17.2. The van der Waals surface area contributed by atoms with Gasteiger partial charge in [0.2, 0.25) is 0 Å². The first-order valence-corrected chi connectivity index (χ1v) is 7.59. The standard InChI is InChI=1S/C18H19N3O3/c22-12-11-19-17(23)15-7-4-8-16(13-15)21-18(24)20-10-9-14-5-2-1-3-6-14/h1-8,12-13H,9-11H2,(H,19,23)(H2,20,21,24). The van der Waals surface area contributed by atoms with Gasteiger partial charge in [0.1, 0.15) is 6.29 Å². The highest BCUT2D eigenvalue weighted by molar-refractivity contribution is 5.97. The molecule has 0 aliphatic rings. The molecule has 0 fully saturated rings. The van der Waals surface area contributed by atoms with Gasteiger partial charge >= 0.3 is 6.03 Å². The molecule has 3 amide bonds. The third-order valence-electron chi connectivity index (χ3n) is 3.27. The van der Waals surface area contributed by atoms with Crippen molar-refractivity contribution in [2.75, 3.05) is 18.4 Å². The van der Waals surface area contributed by atoms with Gasteiger partial charge in [0, 0.05) is 17.8 Å². The van der Waals surface area contributed by atoms with E-state index in [4.69, 9.17) is 0 Å². The predicted molar refractivity (Wildman–Crippen MR) is 92.0 cm³/mol. The highest BCUT2D eigenvalue weighted by atomic mass is 16.2. The first-order chi connectivity index (χ1) is 11.7. The van der Waals surface area contributed by atoms with E-state index < -0.39 is 0 Å². The van der Waals surface area contributed by atoms with Crippen LogP contribution in [0.25, 0.3) is 0 Å². The van der Waals surface area contributed by atoms with Gasteiger partial charge in [-0.2, -0.15) is 0 Å². The molecule has 0 aliphatic heterocycles. The van der Waals surface area contributed by atoms with Crippen molar-refractivity contribution in [2.45, 2.75) is 6.42 Å². The van der Waals surface area contributed by atoms with Crippen molar-refractivity contribution < 1.29 is 14.4 Å². The molecule has 6 heteroatoms. The molecule has 6 nitrogen and oxygen atoms in total. The van der Waals surface area contributed by atoms with E-state index in [0.717, 1.165) is 12.0 Å². The Balaban J connectivity index is 1.83. The van der Waals surface area contributed by atoms with E-state index in [2.05, 4.69) is 16.0 Å². The number of hydrogen-bond acceptors (Lipinski definition) is 3. The average Bonchev–Trinajstić information content (AvgIpc) is 2.61. The zero-order chi connectivity index (χ0) is 17.2. The Hall–Kier alpha value is -3.15. The molecule has 24 heavy (non-hydrogen) atoms. The summed E-state index contributed by atoms with van der Waals surface area (Å²) in [5.74, 6) is -0.366. The summed E-state index contributed by atoms with van der Waals surface area (Å²) in [6.45, 7) is 0.464. The van der Waals surface area contributed by atoms with Gasteiger partial charge in [0.15, 0.2) is 0 Å². The van der Waals surface area contributed by atoms with E-state index in [1.807, 2.05) is 30.3 Å². The monoisotopic (exact) mass is 325 g/mol. The molecule has 3 N–H and O–H groups in total. The van der Waals surface area contributed by atoms with Crippen molar-refractivity contribution in [3.05, 3.63) is 65.7 Å². The highest BCUT2D eigenvalue weighted by Crippen LogP contribution is 2.10. The molecule has 0 spiro atoms. The number of aldehydes is 1. The normalized spacial score (nSPS) is 9.83. The second-order valence-electron chi connectivity index (χ2n) is 5.07. The molecule has 0 aromatic heterocycles. The Bertz CT molecular complexity index is 702. The smallest absolute Gasteiger partial charge is 0.319 e. The van der Waals surface area contributed by atoms with E-state index >= 15 is 0 Å². The average molecular weight is 325 g/mol. The Morgan fingerprint density at radius 3 is 2.50 bits per heavy atom. The maximum atomic E-state index is 11.9. The lowest BCUT2D eigenvalue weighted by Gasteiger charge is -2.09. The van der Waals surface area contributed by atoms with Crippen LogP contribution in [0.5, 0.6) is 0 Å². The lowest BCUT2D eigenvalue weighted by atomic mass is 10.1. The summed E-state index contributed by atoms with van der Waals surface area (Å²) in [5, 5.41) is 7.89. The number of carbonyl (C=O) groups excluding carboxylic acids is 3. The third kappa shape index (κ3) is 5.57. The summed E-state index contributed by atoms with van der Waals surface area (Å²) in [6, 6.07) is 16.0. The maximum absolute atomic E-state index is 11.9. The van der Waals surface area contributed by atoms with Crippen LogP contribution in [0.4, 0.5) is 10.5 Å². The fourth-order valence-electron chi connectivity index (χ4n) is 2.11. The summed E-state index contributed by atoms with van der Waals surface area (Å²) in [7, 11) is 0. The van der Waals surface area contributed by atoms with Crippen LogP contribution in [0.2, 0.25) is 0 Å². The summed E-state index contributed by atoms with van der Waals surface area (Å²) in [5.41, 5.74) is 2.02. The summed E-state index contributed by atoms with van der Waals surface area (Å²) < 4.78 is 0. The second kappa shape index (κ2) is 9.09. The van der Waals surface area contributed by atoms with Crippen molar-refractivity contribution in [1.82, 2.24) is 10.6 Å². The Kier molecular flexibility index (Phi) is 6.52. The first-order valence-electron chi connectivity index (χ1n) is 7.59. The molecule has 0 heterocycles. The second-order valence-corrected chi connectivity index (χ2v) is 5.07. The predicted octanol–water partition coefficient (Wildman–Crippen LogP) is 1.98. The zero-order valence-corrected chi connectivity index (χ0v) is 13.1. The van der Waals surface area contributed by atoms with Crippen LogP contribution < -0.4 is 16.0 Å². The molecule has 2 aromatic carbocycles. The fourth-order valence-corrected chi connectivity index (χ4v) is 2.11. The fraction of sp³-hybridized carbons (Fsp3) is 0.167. The van der Waals surface area contributed by atoms with E-state index in [1.165, 1.54) is 0 Å². The number of nitrogens with one attached hydrogen (secondary N) is 3. The van der Waals surface area contributed by atoms with Gasteiger partial charge in [-0.1, -0.05) is 36.4 Å². The van der Waals surface area contributed by atoms with Crippen LogP contribution in [0.3, 0.4) is 0 Å². The largest absolute Gasteiger partial charge is 0.345 e. The van der Waals surface area contributed by atoms with Crippen molar-refractivity contribution in [2.24, 2.45) is 0 Å². The molecule has 0 saturated carbocycles. The Morgan fingerprint density at radius 2 is 1.75 bits per heavy atom. The van der Waals surface area contributed by atoms with Crippen LogP contribution >= 0.6 is 0 Å². The summed E-state index contributed by atoms with van der Waals surface area (Å²) in [4.78, 5) is 33.9. The van der Waals surface area contributed by atoms with Gasteiger partial charge in [-0.3, -0.25) is 4.79 Å². The SMILES string of the molecule is O=CCNC(=O)c1cccc(NC(=O)NCCc2ccccc2)c1. The summed E-state index contributed by atoms with van der Waals surface area (Å²) in [6.07, 6.45) is 1.35. The van der Waals surface area contributed by atoms with E-state index in [9.17, 15) is 14.4 Å². The minimum Gasteiger partial charge on any atom is -0.345 e. The molecule has 0 bridgehead atoms. The number of anilines is 1. The molecule has 0 aliphatic carbocycles. The molecule has 0 atom stereocenters. The van der Waals surface area contributed by atoms with Gasteiger partial charge in [0.25, 0.3) is 5.91 Å². The van der Waals surface area contributed by atoms with Crippen molar-refractivity contribution in [3.8, 4) is 0 Å². The van der Waals surface area contributed by atoms with Crippen LogP contribution in [-0.2, 0) is 11.2 Å². The molecule has 2 aromatic rings. The van der Waals surface area contributed by atoms with Crippen molar-refractivity contribution in [3.63, 3.8) is 0 Å². The molecular weight excluding hydrogens is 306 g/mol. The number of amides is 3. The van der Waals surface area contributed by atoms with Gasteiger partial charge in [0.05, 0.1) is 6.54 Å². The van der Waals surface area contributed by atoms with E-state index in [1.54, 1.807) is 24.3 Å². The molecule has 0 unspecified atom stereocenters. The zero-order valence-electron chi connectivity index (χ0n) is 13.1. The van der Waals surface area contributed by atoms with Crippen LogP contribution in [0.15, 0.2) is 54.6 Å². The third-order valence-corrected chi connectivity index (χ3v) is 3.27. The molecule has 0 radical (unpaired) electrons. The van der Waals surface area contributed by atoms with Gasteiger partial charge < -0.3 is 20.7 Å². The minimum absolute atomic E-state index is 0.0452. The molecule has 124 valence electrons. The number of urea groups is 1. The lowest BCUT2D eigenvalue weighted by molar-refractivity contribution is -0.107. The van der Waals surface area contributed by atoms with E-state index in [0.29, 0.717) is 24.1 Å². The van der Waals surface area contributed by atoms with Crippen molar-refractivity contribution in [1.29, 1.82) is 0 Å².